The van der Waals surface area contributed by atoms with Crippen molar-refractivity contribution < 1.29 is 4.79 Å². The number of unbranched alkanes of at least 4 members (excludes halogenated alkanes) is 5. The minimum Gasteiger partial charge on any atom is -0.356 e. The minimum atomic E-state index is 0.195. The number of aryl methyl sites for hydroxylation is 1. The summed E-state index contributed by atoms with van der Waals surface area (Å²) < 4.78 is 2.11. The Morgan fingerprint density at radius 3 is 2.42 bits per heavy atom. The molecule has 0 saturated heterocycles. The maximum Gasteiger partial charge on any atom is 0.220 e. The van der Waals surface area contributed by atoms with Crippen molar-refractivity contribution in [1.82, 2.24) is 9.88 Å². The van der Waals surface area contributed by atoms with E-state index in [0.29, 0.717) is 6.42 Å². The van der Waals surface area contributed by atoms with Crippen molar-refractivity contribution in [3.63, 3.8) is 0 Å². The highest BCUT2D eigenvalue weighted by atomic mass is 16.1. The maximum absolute atomic E-state index is 11.6. The Labute approximate surface area is 117 Å². The summed E-state index contributed by atoms with van der Waals surface area (Å²) in [6, 6.07) is 4.03. The summed E-state index contributed by atoms with van der Waals surface area (Å²) in [4.78, 5) is 11.6. The number of nitrogens with one attached hydrogen (secondary N) is 1. The van der Waals surface area contributed by atoms with Gasteiger partial charge in [-0.15, -0.1) is 0 Å². The first-order valence-corrected chi connectivity index (χ1v) is 7.70. The Bertz CT molecular complexity index is 319. The third-order valence-electron chi connectivity index (χ3n) is 3.34. The number of hydrogen-bond acceptors (Lipinski definition) is 1. The Morgan fingerprint density at radius 2 is 1.68 bits per heavy atom. The highest BCUT2D eigenvalue weighted by Gasteiger charge is 2.00. The lowest BCUT2D eigenvalue weighted by Crippen LogP contribution is -2.24. The van der Waals surface area contributed by atoms with Gasteiger partial charge in [0.15, 0.2) is 0 Å². The molecule has 0 aliphatic heterocycles. The third kappa shape index (κ3) is 8.46. The fourth-order valence-corrected chi connectivity index (χ4v) is 2.16. The zero-order valence-corrected chi connectivity index (χ0v) is 12.2. The molecule has 0 atom stereocenters. The molecule has 0 radical (unpaired) electrons. The van der Waals surface area contributed by atoms with Gasteiger partial charge in [0.1, 0.15) is 0 Å². The summed E-state index contributed by atoms with van der Waals surface area (Å²) >= 11 is 0. The standard InChI is InChI=1S/C16H28N2O/c1-2-3-4-5-6-7-12-17-16(19)11-10-15-18-13-8-9-14-18/h8-9,13-14H,2-7,10-12,15H2,1H3,(H,17,19). The third-order valence-corrected chi connectivity index (χ3v) is 3.34. The Morgan fingerprint density at radius 1 is 1.00 bits per heavy atom. The molecule has 0 aliphatic carbocycles. The molecular weight excluding hydrogens is 236 g/mol. The number of carbonyl (C=O) groups is 1. The van der Waals surface area contributed by atoms with Crippen LogP contribution < -0.4 is 5.32 Å². The highest BCUT2D eigenvalue weighted by molar-refractivity contribution is 5.75. The molecular formula is C16H28N2O. The molecule has 3 nitrogen and oxygen atoms in total. The molecule has 19 heavy (non-hydrogen) atoms. The highest BCUT2D eigenvalue weighted by Crippen LogP contribution is 2.04. The first-order chi connectivity index (χ1) is 9.33. The molecule has 0 spiro atoms. The van der Waals surface area contributed by atoms with Crippen LogP contribution in [0.3, 0.4) is 0 Å². The monoisotopic (exact) mass is 264 g/mol. The zero-order valence-electron chi connectivity index (χ0n) is 12.2. The van der Waals surface area contributed by atoms with E-state index in [-0.39, 0.29) is 5.91 Å². The second-order valence-corrected chi connectivity index (χ2v) is 5.14. The van der Waals surface area contributed by atoms with Crippen molar-refractivity contribution >= 4 is 5.91 Å². The summed E-state index contributed by atoms with van der Waals surface area (Å²) in [5.74, 6) is 0.195. The van der Waals surface area contributed by atoms with Crippen LogP contribution in [0.5, 0.6) is 0 Å². The largest absolute Gasteiger partial charge is 0.356 e. The van der Waals surface area contributed by atoms with Crippen LogP contribution in [0.1, 0.15) is 58.3 Å². The van der Waals surface area contributed by atoms with Gasteiger partial charge in [-0.3, -0.25) is 4.79 Å². The molecule has 0 bridgehead atoms. The molecule has 0 aromatic carbocycles. The lowest BCUT2D eigenvalue weighted by atomic mass is 10.1. The van der Waals surface area contributed by atoms with E-state index in [0.717, 1.165) is 25.9 Å². The second-order valence-electron chi connectivity index (χ2n) is 5.14. The molecule has 1 N–H and O–H groups in total. The molecule has 1 aromatic heterocycles. The van der Waals surface area contributed by atoms with Crippen LogP contribution >= 0.6 is 0 Å². The van der Waals surface area contributed by atoms with Gasteiger partial charge < -0.3 is 9.88 Å². The molecule has 1 amide bonds. The van der Waals surface area contributed by atoms with Crippen LogP contribution in [0.15, 0.2) is 24.5 Å². The molecule has 1 heterocycles. The average molecular weight is 264 g/mol. The van der Waals surface area contributed by atoms with Gasteiger partial charge >= 0.3 is 0 Å². The second kappa shape index (κ2) is 10.7. The minimum absolute atomic E-state index is 0.195. The van der Waals surface area contributed by atoms with Gasteiger partial charge in [-0.2, -0.15) is 0 Å². The molecule has 0 aliphatic rings. The topological polar surface area (TPSA) is 34.0 Å². The summed E-state index contributed by atoms with van der Waals surface area (Å²) in [7, 11) is 0. The zero-order chi connectivity index (χ0) is 13.8. The van der Waals surface area contributed by atoms with Crippen molar-refractivity contribution in [2.75, 3.05) is 6.54 Å². The van der Waals surface area contributed by atoms with E-state index in [2.05, 4.69) is 16.8 Å². The Balaban J connectivity index is 1.88. The van der Waals surface area contributed by atoms with Crippen LogP contribution in [0.2, 0.25) is 0 Å². The fraction of sp³-hybridized carbons (Fsp3) is 0.688. The number of carbonyl (C=O) groups excluding carboxylic acids is 1. The smallest absolute Gasteiger partial charge is 0.220 e. The molecule has 1 rings (SSSR count). The quantitative estimate of drug-likeness (QED) is 0.607. The molecule has 0 unspecified atom stereocenters. The van der Waals surface area contributed by atoms with E-state index in [1.165, 1.54) is 32.1 Å². The van der Waals surface area contributed by atoms with Crippen molar-refractivity contribution in [2.45, 2.75) is 64.8 Å². The predicted molar refractivity (Wildman–Crippen MR) is 80.1 cm³/mol. The first kappa shape index (κ1) is 15.8. The summed E-state index contributed by atoms with van der Waals surface area (Å²) in [6.45, 7) is 4.00. The summed E-state index contributed by atoms with van der Waals surface area (Å²) in [6.07, 6.45) is 13.2. The van der Waals surface area contributed by atoms with Crippen LogP contribution in [0.25, 0.3) is 0 Å². The molecule has 0 fully saturated rings. The van der Waals surface area contributed by atoms with Crippen molar-refractivity contribution in [1.29, 1.82) is 0 Å². The van der Waals surface area contributed by atoms with Gasteiger partial charge in [0.05, 0.1) is 0 Å². The predicted octanol–water partition coefficient (Wildman–Crippen LogP) is 3.75. The molecule has 1 aromatic rings. The van der Waals surface area contributed by atoms with E-state index in [1.807, 2.05) is 24.5 Å². The van der Waals surface area contributed by atoms with Gasteiger partial charge in [0.25, 0.3) is 0 Å². The van der Waals surface area contributed by atoms with Crippen LogP contribution in [0.4, 0.5) is 0 Å². The average Bonchev–Trinajstić information content (AvgIpc) is 2.91. The van der Waals surface area contributed by atoms with Crippen LogP contribution in [-0.4, -0.2) is 17.0 Å². The number of aromatic nitrogens is 1. The van der Waals surface area contributed by atoms with Gasteiger partial charge in [-0.25, -0.2) is 0 Å². The molecule has 3 heteroatoms. The first-order valence-electron chi connectivity index (χ1n) is 7.70. The number of rotatable bonds is 11. The molecule has 108 valence electrons. The van der Waals surface area contributed by atoms with E-state index in [9.17, 15) is 4.79 Å². The van der Waals surface area contributed by atoms with E-state index < -0.39 is 0 Å². The van der Waals surface area contributed by atoms with Gasteiger partial charge in [0, 0.05) is 31.9 Å². The fourth-order valence-electron chi connectivity index (χ4n) is 2.16. The lowest BCUT2D eigenvalue weighted by Gasteiger charge is -2.06. The normalized spacial score (nSPS) is 10.6. The Kier molecular flexibility index (Phi) is 8.86. The number of hydrogen-bond donors (Lipinski definition) is 1. The van der Waals surface area contributed by atoms with E-state index >= 15 is 0 Å². The molecule has 0 saturated carbocycles. The van der Waals surface area contributed by atoms with Gasteiger partial charge in [-0.05, 0) is 25.0 Å². The number of nitrogens with zero attached hydrogens (tertiary/aromatic N) is 1. The van der Waals surface area contributed by atoms with Crippen molar-refractivity contribution in [3.8, 4) is 0 Å². The van der Waals surface area contributed by atoms with Gasteiger partial charge in [0.2, 0.25) is 5.91 Å². The van der Waals surface area contributed by atoms with Crippen molar-refractivity contribution in [3.05, 3.63) is 24.5 Å². The van der Waals surface area contributed by atoms with Crippen LogP contribution in [0, 0.1) is 0 Å². The van der Waals surface area contributed by atoms with Gasteiger partial charge in [-0.1, -0.05) is 39.0 Å². The lowest BCUT2D eigenvalue weighted by molar-refractivity contribution is -0.121. The van der Waals surface area contributed by atoms with E-state index in [4.69, 9.17) is 0 Å². The SMILES string of the molecule is CCCCCCCCNC(=O)CCCn1cccc1. The summed E-state index contributed by atoms with van der Waals surface area (Å²) in [5.41, 5.74) is 0. The van der Waals surface area contributed by atoms with E-state index in [1.54, 1.807) is 0 Å². The summed E-state index contributed by atoms with van der Waals surface area (Å²) in [5, 5.41) is 3.01. The van der Waals surface area contributed by atoms with Crippen molar-refractivity contribution in [2.24, 2.45) is 0 Å². The Hall–Kier alpha value is -1.25. The maximum atomic E-state index is 11.6. The van der Waals surface area contributed by atoms with Crippen LogP contribution in [-0.2, 0) is 11.3 Å². The number of amides is 1.